The van der Waals surface area contributed by atoms with Gasteiger partial charge in [-0.2, -0.15) is 8.78 Å². The van der Waals surface area contributed by atoms with E-state index < -0.39 is 32.5 Å². The number of alkyl halides is 2. The van der Waals surface area contributed by atoms with E-state index in [1.54, 1.807) is 0 Å². The summed E-state index contributed by atoms with van der Waals surface area (Å²) in [5.41, 5.74) is 0.119. The number of aliphatic hydroxyl groups is 1. The summed E-state index contributed by atoms with van der Waals surface area (Å²) in [5.74, 6) is -4.02. The number of amides is 1. The molecule has 0 aliphatic rings. The Bertz CT molecular complexity index is 540. The van der Waals surface area contributed by atoms with Gasteiger partial charge >= 0.3 is 5.76 Å². The van der Waals surface area contributed by atoms with Gasteiger partial charge in [-0.1, -0.05) is 0 Å². The van der Waals surface area contributed by atoms with Gasteiger partial charge in [0.2, 0.25) is 9.84 Å². The van der Waals surface area contributed by atoms with Crippen molar-refractivity contribution in [3.05, 3.63) is 29.8 Å². The average molecular weight is 293 g/mol. The summed E-state index contributed by atoms with van der Waals surface area (Å²) in [6, 6.07) is 4.15. The van der Waals surface area contributed by atoms with Crippen LogP contribution in [0.4, 0.5) is 8.78 Å². The monoisotopic (exact) mass is 293 g/mol. The van der Waals surface area contributed by atoms with Gasteiger partial charge in [0.1, 0.15) is 0 Å². The highest BCUT2D eigenvalue weighted by molar-refractivity contribution is 7.91. The van der Waals surface area contributed by atoms with E-state index in [9.17, 15) is 22.0 Å². The van der Waals surface area contributed by atoms with Crippen LogP contribution < -0.4 is 5.32 Å². The number of nitrogens with one attached hydrogen (secondary N) is 1. The number of aliphatic hydroxyl groups excluding tert-OH is 1. The Morgan fingerprint density at radius 3 is 2.26 bits per heavy atom. The average Bonchev–Trinajstić information content (AvgIpc) is 2.35. The van der Waals surface area contributed by atoms with Crippen LogP contribution >= 0.6 is 0 Å². The molecule has 1 aromatic rings. The molecule has 2 N–H and O–H groups in total. The SMILES string of the molecule is CC(O)CNC(=O)c1ccc(S(=O)(=O)C(F)F)cc1. The number of carbonyl (C=O) groups is 1. The van der Waals surface area contributed by atoms with Gasteiger partial charge in [-0.3, -0.25) is 4.79 Å². The predicted molar refractivity (Wildman–Crippen MR) is 63.6 cm³/mol. The number of sulfone groups is 1. The van der Waals surface area contributed by atoms with E-state index >= 15 is 0 Å². The van der Waals surface area contributed by atoms with E-state index in [0.29, 0.717) is 0 Å². The van der Waals surface area contributed by atoms with Gasteiger partial charge in [-0.05, 0) is 31.2 Å². The summed E-state index contributed by atoms with van der Waals surface area (Å²) >= 11 is 0. The maximum Gasteiger partial charge on any atom is 0.341 e. The largest absolute Gasteiger partial charge is 0.392 e. The van der Waals surface area contributed by atoms with Crippen molar-refractivity contribution in [2.45, 2.75) is 23.7 Å². The Hall–Kier alpha value is -1.54. The molecule has 0 spiro atoms. The molecule has 1 atom stereocenters. The number of halogens is 2. The molecule has 1 unspecified atom stereocenters. The normalized spacial score (nSPS) is 13.3. The molecule has 19 heavy (non-hydrogen) atoms. The molecule has 1 aromatic carbocycles. The van der Waals surface area contributed by atoms with E-state index in [4.69, 9.17) is 5.11 Å². The van der Waals surface area contributed by atoms with Gasteiger partial charge < -0.3 is 10.4 Å². The first kappa shape index (κ1) is 15.5. The fraction of sp³-hybridized carbons (Fsp3) is 0.364. The Morgan fingerprint density at radius 2 is 1.84 bits per heavy atom. The van der Waals surface area contributed by atoms with Crippen molar-refractivity contribution in [2.24, 2.45) is 0 Å². The summed E-state index contributed by atoms with van der Waals surface area (Å²) in [5, 5.41) is 11.4. The van der Waals surface area contributed by atoms with Crippen LogP contribution in [0.3, 0.4) is 0 Å². The number of rotatable bonds is 5. The molecule has 0 saturated heterocycles. The molecular weight excluding hydrogens is 280 g/mol. The summed E-state index contributed by atoms with van der Waals surface area (Å²) in [6.07, 6.45) is -0.720. The number of hydrogen-bond donors (Lipinski definition) is 2. The lowest BCUT2D eigenvalue weighted by Crippen LogP contribution is -2.30. The maximum atomic E-state index is 12.3. The molecular formula is C11H13F2NO4S. The summed E-state index contributed by atoms with van der Waals surface area (Å²) in [7, 11) is -4.65. The zero-order valence-electron chi connectivity index (χ0n) is 10.0. The van der Waals surface area contributed by atoms with Crippen LogP contribution in [-0.4, -0.2) is 37.8 Å². The third kappa shape index (κ3) is 3.97. The molecule has 1 rings (SSSR count). The standard InChI is InChI=1S/C11H13F2NO4S/c1-7(15)6-14-10(16)8-2-4-9(5-3-8)19(17,18)11(12)13/h2-5,7,11,15H,6H2,1H3,(H,14,16). The van der Waals surface area contributed by atoms with Crippen molar-refractivity contribution in [1.82, 2.24) is 5.32 Å². The van der Waals surface area contributed by atoms with Crippen LogP contribution in [0, 0.1) is 0 Å². The fourth-order valence-corrected chi connectivity index (χ4v) is 1.96. The highest BCUT2D eigenvalue weighted by Crippen LogP contribution is 2.18. The highest BCUT2D eigenvalue weighted by atomic mass is 32.2. The summed E-state index contributed by atoms with van der Waals surface area (Å²) in [6.45, 7) is 1.52. The molecule has 0 saturated carbocycles. The van der Waals surface area contributed by atoms with Crippen molar-refractivity contribution < 1.29 is 27.1 Å². The molecule has 0 radical (unpaired) electrons. The van der Waals surface area contributed by atoms with E-state index in [1.165, 1.54) is 6.92 Å². The Morgan fingerprint density at radius 1 is 1.32 bits per heavy atom. The third-order valence-corrected chi connectivity index (χ3v) is 3.64. The van der Waals surface area contributed by atoms with Crippen molar-refractivity contribution >= 4 is 15.7 Å². The summed E-state index contributed by atoms with van der Waals surface area (Å²) in [4.78, 5) is 11.0. The predicted octanol–water partition coefficient (Wildman–Crippen LogP) is 0.794. The van der Waals surface area contributed by atoms with Crippen LogP contribution in [0.1, 0.15) is 17.3 Å². The van der Waals surface area contributed by atoms with Crippen molar-refractivity contribution in [3.8, 4) is 0 Å². The van der Waals surface area contributed by atoms with Gasteiger partial charge in [-0.15, -0.1) is 0 Å². The molecule has 1 amide bonds. The first-order valence-corrected chi connectivity index (χ1v) is 6.88. The molecule has 0 aromatic heterocycles. The zero-order chi connectivity index (χ0) is 14.6. The van der Waals surface area contributed by atoms with Crippen LogP contribution in [-0.2, 0) is 9.84 Å². The van der Waals surface area contributed by atoms with Crippen molar-refractivity contribution in [3.63, 3.8) is 0 Å². The Labute approximate surface area is 109 Å². The van der Waals surface area contributed by atoms with Gasteiger partial charge in [-0.25, -0.2) is 8.42 Å². The molecule has 0 fully saturated rings. The van der Waals surface area contributed by atoms with Gasteiger partial charge in [0.05, 0.1) is 11.0 Å². The van der Waals surface area contributed by atoms with E-state index in [2.05, 4.69) is 5.32 Å². The number of benzene rings is 1. The second-order valence-corrected chi connectivity index (χ2v) is 5.81. The van der Waals surface area contributed by atoms with Crippen molar-refractivity contribution in [2.75, 3.05) is 6.54 Å². The van der Waals surface area contributed by atoms with Crippen LogP contribution in [0.25, 0.3) is 0 Å². The summed E-state index contributed by atoms with van der Waals surface area (Å²) < 4.78 is 46.8. The van der Waals surface area contributed by atoms with E-state index in [0.717, 1.165) is 24.3 Å². The molecule has 0 aliphatic heterocycles. The lowest BCUT2D eigenvalue weighted by Gasteiger charge is -2.08. The van der Waals surface area contributed by atoms with Gasteiger partial charge in [0, 0.05) is 12.1 Å². The van der Waals surface area contributed by atoms with E-state index in [1.807, 2.05) is 0 Å². The minimum atomic E-state index is -4.65. The first-order valence-electron chi connectivity index (χ1n) is 5.33. The molecule has 0 heterocycles. The quantitative estimate of drug-likeness (QED) is 0.841. The molecule has 8 heteroatoms. The third-order valence-electron chi connectivity index (χ3n) is 2.24. The highest BCUT2D eigenvalue weighted by Gasteiger charge is 2.26. The molecule has 0 bridgehead atoms. The lowest BCUT2D eigenvalue weighted by atomic mass is 10.2. The van der Waals surface area contributed by atoms with Gasteiger partial charge in [0.25, 0.3) is 5.91 Å². The minimum Gasteiger partial charge on any atom is -0.392 e. The molecule has 5 nitrogen and oxygen atoms in total. The van der Waals surface area contributed by atoms with Crippen LogP contribution in [0.5, 0.6) is 0 Å². The zero-order valence-corrected chi connectivity index (χ0v) is 10.8. The van der Waals surface area contributed by atoms with Crippen LogP contribution in [0.15, 0.2) is 29.2 Å². The van der Waals surface area contributed by atoms with Crippen molar-refractivity contribution in [1.29, 1.82) is 0 Å². The first-order chi connectivity index (χ1) is 8.75. The minimum absolute atomic E-state index is 0.0376. The molecule has 0 aliphatic carbocycles. The topological polar surface area (TPSA) is 83.5 Å². The second kappa shape index (κ2) is 6.07. The second-order valence-electron chi connectivity index (χ2n) is 3.89. The van der Waals surface area contributed by atoms with E-state index in [-0.39, 0.29) is 12.1 Å². The smallest absolute Gasteiger partial charge is 0.341 e. The van der Waals surface area contributed by atoms with Gasteiger partial charge in [0.15, 0.2) is 0 Å². The Kier molecular flexibility index (Phi) is 4.96. The maximum absolute atomic E-state index is 12.3. The number of hydrogen-bond acceptors (Lipinski definition) is 4. The Balaban J connectivity index is 2.85. The lowest BCUT2D eigenvalue weighted by molar-refractivity contribution is 0.0924. The van der Waals surface area contributed by atoms with Crippen LogP contribution in [0.2, 0.25) is 0 Å². The molecule has 106 valence electrons. The number of carbonyl (C=O) groups excluding carboxylic acids is 1. The fourth-order valence-electron chi connectivity index (χ4n) is 1.24.